The van der Waals surface area contributed by atoms with E-state index in [4.69, 9.17) is 9.72 Å². The zero-order valence-corrected chi connectivity index (χ0v) is 17.4. The molecule has 4 heteroatoms. The molecule has 0 spiro atoms. The number of methoxy groups -OCH3 is 1. The number of para-hydroxylation sites is 1. The maximum atomic E-state index is 13.3. The second-order valence-electron chi connectivity index (χ2n) is 7.21. The number of hydrogen-bond acceptors (Lipinski definition) is 3. The van der Waals surface area contributed by atoms with Crippen molar-refractivity contribution < 1.29 is 9.53 Å². The van der Waals surface area contributed by atoms with E-state index < -0.39 is 0 Å². The van der Waals surface area contributed by atoms with Gasteiger partial charge in [-0.3, -0.25) is 4.79 Å². The summed E-state index contributed by atoms with van der Waals surface area (Å²) < 4.78 is 5.27. The molecule has 4 rings (SSSR count). The van der Waals surface area contributed by atoms with Gasteiger partial charge in [-0.1, -0.05) is 37.3 Å². The molecule has 1 aromatic heterocycles. The van der Waals surface area contributed by atoms with Crippen LogP contribution in [-0.4, -0.2) is 18.0 Å². The highest BCUT2D eigenvalue weighted by Crippen LogP contribution is 2.31. The van der Waals surface area contributed by atoms with Crippen molar-refractivity contribution in [1.82, 2.24) is 4.98 Å². The summed E-state index contributed by atoms with van der Waals surface area (Å²) >= 11 is 0. The predicted molar refractivity (Wildman–Crippen MR) is 122 cm³/mol. The van der Waals surface area contributed by atoms with Crippen LogP contribution in [0.2, 0.25) is 0 Å². The molecule has 0 aliphatic rings. The lowest BCUT2D eigenvalue weighted by Gasteiger charge is -2.15. The van der Waals surface area contributed by atoms with Gasteiger partial charge >= 0.3 is 0 Å². The van der Waals surface area contributed by atoms with Crippen molar-refractivity contribution >= 4 is 22.5 Å². The van der Waals surface area contributed by atoms with Gasteiger partial charge in [-0.05, 0) is 66.9 Å². The number of fused-ring (bicyclic) bond motifs is 1. The Bertz CT molecular complexity index is 1200. The smallest absolute Gasteiger partial charge is 0.256 e. The number of amides is 1. The van der Waals surface area contributed by atoms with E-state index in [-0.39, 0.29) is 5.91 Å². The summed E-state index contributed by atoms with van der Waals surface area (Å²) in [5.74, 6) is 0.649. The normalized spacial score (nSPS) is 10.8. The summed E-state index contributed by atoms with van der Waals surface area (Å²) in [7, 11) is 1.64. The Morgan fingerprint density at radius 2 is 1.67 bits per heavy atom. The number of carbonyl (C=O) groups excluding carboxylic acids is 1. The summed E-state index contributed by atoms with van der Waals surface area (Å²) in [5.41, 5.74) is 6.04. The molecule has 150 valence electrons. The molecule has 30 heavy (non-hydrogen) atoms. The summed E-state index contributed by atoms with van der Waals surface area (Å²) in [5, 5.41) is 3.90. The number of benzene rings is 3. The Hall–Kier alpha value is -3.66. The molecule has 0 saturated heterocycles. The third kappa shape index (κ3) is 3.77. The van der Waals surface area contributed by atoms with Crippen LogP contribution in [0, 0.1) is 6.92 Å². The Morgan fingerprint density at radius 1 is 0.967 bits per heavy atom. The standard InChI is InChI=1S/C26H24N2O2/c1-4-18-9-13-20(14-10-18)27-26(29)24-17(2)25(19-11-15-21(30-3)16-12-19)28-23-8-6-5-7-22(23)24/h5-16H,4H2,1-3H3,(H,27,29). The van der Waals surface area contributed by atoms with Crippen molar-refractivity contribution in [3.8, 4) is 17.0 Å². The lowest BCUT2D eigenvalue weighted by molar-refractivity contribution is 0.102. The molecule has 3 aromatic carbocycles. The quantitative estimate of drug-likeness (QED) is 0.448. The van der Waals surface area contributed by atoms with Gasteiger partial charge in [0.25, 0.3) is 5.91 Å². The molecule has 0 atom stereocenters. The minimum absolute atomic E-state index is 0.134. The average molecular weight is 396 g/mol. The molecule has 0 bridgehead atoms. The average Bonchev–Trinajstić information content (AvgIpc) is 2.79. The summed E-state index contributed by atoms with van der Waals surface area (Å²) in [6.07, 6.45) is 0.966. The highest BCUT2D eigenvalue weighted by Gasteiger charge is 2.19. The SMILES string of the molecule is CCc1ccc(NC(=O)c2c(C)c(-c3ccc(OC)cc3)nc3ccccc23)cc1. The molecule has 4 nitrogen and oxygen atoms in total. The van der Waals surface area contributed by atoms with Crippen molar-refractivity contribution in [2.45, 2.75) is 20.3 Å². The third-order valence-electron chi connectivity index (χ3n) is 5.35. The Labute approximate surface area is 176 Å². The topological polar surface area (TPSA) is 51.2 Å². The zero-order valence-electron chi connectivity index (χ0n) is 17.4. The fraction of sp³-hybridized carbons (Fsp3) is 0.154. The molecule has 0 aliphatic carbocycles. The molecular formula is C26H24N2O2. The van der Waals surface area contributed by atoms with E-state index in [0.29, 0.717) is 5.56 Å². The predicted octanol–water partition coefficient (Wildman–Crippen LogP) is 6.03. The molecule has 0 fully saturated rings. The van der Waals surface area contributed by atoms with E-state index in [1.807, 2.05) is 79.7 Å². The number of anilines is 1. The fourth-order valence-electron chi connectivity index (χ4n) is 3.65. The molecule has 1 amide bonds. The minimum Gasteiger partial charge on any atom is -0.497 e. The van der Waals surface area contributed by atoms with E-state index >= 15 is 0 Å². The van der Waals surface area contributed by atoms with Crippen LogP contribution >= 0.6 is 0 Å². The van der Waals surface area contributed by atoms with Crippen LogP contribution in [0.5, 0.6) is 5.75 Å². The highest BCUT2D eigenvalue weighted by atomic mass is 16.5. The summed E-state index contributed by atoms with van der Waals surface area (Å²) in [6.45, 7) is 4.06. The van der Waals surface area contributed by atoms with Crippen LogP contribution in [0.4, 0.5) is 5.69 Å². The van der Waals surface area contributed by atoms with E-state index in [9.17, 15) is 4.79 Å². The number of nitrogens with zero attached hydrogens (tertiary/aromatic N) is 1. The number of pyridine rings is 1. The molecule has 0 saturated carbocycles. The third-order valence-corrected chi connectivity index (χ3v) is 5.35. The van der Waals surface area contributed by atoms with Crippen LogP contribution < -0.4 is 10.1 Å². The van der Waals surface area contributed by atoms with Gasteiger partial charge in [0, 0.05) is 16.6 Å². The number of aryl methyl sites for hydroxylation is 1. The first-order valence-electron chi connectivity index (χ1n) is 10.0. The number of aromatic nitrogens is 1. The molecule has 4 aromatic rings. The number of carbonyl (C=O) groups is 1. The Balaban J connectivity index is 1.80. The van der Waals surface area contributed by atoms with Gasteiger partial charge in [-0.15, -0.1) is 0 Å². The van der Waals surface area contributed by atoms with Crippen LogP contribution in [-0.2, 0) is 6.42 Å². The van der Waals surface area contributed by atoms with Gasteiger partial charge in [0.15, 0.2) is 0 Å². The van der Waals surface area contributed by atoms with Gasteiger partial charge < -0.3 is 10.1 Å². The second kappa shape index (κ2) is 8.37. The van der Waals surface area contributed by atoms with Gasteiger partial charge in [-0.2, -0.15) is 0 Å². The first-order valence-corrected chi connectivity index (χ1v) is 10.0. The van der Waals surface area contributed by atoms with Crippen molar-refractivity contribution in [3.05, 3.63) is 89.5 Å². The number of ether oxygens (including phenoxy) is 1. The number of rotatable bonds is 5. The van der Waals surface area contributed by atoms with Crippen LogP contribution in [0.1, 0.15) is 28.4 Å². The van der Waals surface area contributed by atoms with Gasteiger partial charge in [0.05, 0.1) is 23.9 Å². The molecule has 0 radical (unpaired) electrons. The molecule has 0 aliphatic heterocycles. The maximum absolute atomic E-state index is 13.3. The summed E-state index contributed by atoms with van der Waals surface area (Å²) in [6, 6.07) is 23.5. The van der Waals surface area contributed by atoms with Gasteiger partial charge in [0.2, 0.25) is 0 Å². The van der Waals surface area contributed by atoms with Crippen molar-refractivity contribution in [2.75, 3.05) is 12.4 Å². The van der Waals surface area contributed by atoms with Crippen molar-refractivity contribution in [2.24, 2.45) is 0 Å². The van der Waals surface area contributed by atoms with Crippen molar-refractivity contribution in [1.29, 1.82) is 0 Å². The van der Waals surface area contributed by atoms with Crippen LogP contribution in [0.3, 0.4) is 0 Å². The minimum atomic E-state index is -0.134. The molecule has 1 heterocycles. The molecular weight excluding hydrogens is 372 g/mol. The summed E-state index contributed by atoms with van der Waals surface area (Å²) in [4.78, 5) is 18.2. The maximum Gasteiger partial charge on any atom is 0.256 e. The fourth-order valence-corrected chi connectivity index (χ4v) is 3.65. The largest absolute Gasteiger partial charge is 0.497 e. The molecule has 1 N–H and O–H groups in total. The Kier molecular flexibility index (Phi) is 5.48. The monoisotopic (exact) mass is 396 g/mol. The number of hydrogen-bond donors (Lipinski definition) is 1. The van der Waals surface area contributed by atoms with Crippen molar-refractivity contribution in [3.63, 3.8) is 0 Å². The van der Waals surface area contributed by atoms with Gasteiger partial charge in [0.1, 0.15) is 5.75 Å². The van der Waals surface area contributed by atoms with E-state index in [1.54, 1.807) is 7.11 Å². The zero-order chi connectivity index (χ0) is 21.1. The first kappa shape index (κ1) is 19.6. The lowest BCUT2D eigenvalue weighted by atomic mass is 9.97. The highest BCUT2D eigenvalue weighted by molar-refractivity contribution is 6.14. The van der Waals surface area contributed by atoms with E-state index in [0.717, 1.165) is 45.6 Å². The van der Waals surface area contributed by atoms with Crippen LogP contribution in [0.15, 0.2) is 72.8 Å². The number of nitrogens with one attached hydrogen (secondary N) is 1. The Morgan fingerprint density at radius 3 is 2.33 bits per heavy atom. The second-order valence-corrected chi connectivity index (χ2v) is 7.21. The van der Waals surface area contributed by atoms with Gasteiger partial charge in [-0.25, -0.2) is 4.98 Å². The lowest BCUT2D eigenvalue weighted by Crippen LogP contribution is -2.15. The van der Waals surface area contributed by atoms with E-state index in [1.165, 1.54) is 5.56 Å². The first-order chi connectivity index (χ1) is 14.6. The van der Waals surface area contributed by atoms with E-state index in [2.05, 4.69) is 12.2 Å². The molecule has 0 unspecified atom stereocenters. The van der Waals surface area contributed by atoms with Crippen LogP contribution in [0.25, 0.3) is 22.2 Å².